The van der Waals surface area contributed by atoms with E-state index in [0.29, 0.717) is 23.2 Å². The minimum Gasteiger partial charge on any atom is -0.497 e. The number of aliphatic hydroxyl groups is 5. The van der Waals surface area contributed by atoms with Gasteiger partial charge in [0.25, 0.3) is 5.91 Å². The zero-order chi connectivity index (χ0) is 26.3. The lowest BCUT2D eigenvalue weighted by molar-refractivity contribution is -0.288. The minimum atomic E-state index is -2.13. The third-order valence-corrected chi connectivity index (χ3v) is 7.76. The van der Waals surface area contributed by atoms with Gasteiger partial charge in [0.2, 0.25) is 0 Å². The van der Waals surface area contributed by atoms with Gasteiger partial charge in [-0.2, -0.15) is 0 Å². The second-order valence-electron chi connectivity index (χ2n) is 8.93. The molecule has 0 aliphatic carbocycles. The molecule has 1 amide bonds. The van der Waals surface area contributed by atoms with Gasteiger partial charge in [0.15, 0.2) is 6.29 Å². The fourth-order valence-corrected chi connectivity index (χ4v) is 5.61. The van der Waals surface area contributed by atoms with Gasteiger partial charge in [-0.05, 0) is 24.3 Å². The van der Waals surface area contributed by atoms with E-state index < -0.39 is 49.3 Å². The molecule has 2 aromatic heterocycles. The van der Waals surface area contributed by atoms with Crippen molar-refractivity contribution < 1.29 is 39.8 Å². The molecular weight excluding hydrogens is 502 g/mol. The van der Waals surface area contributed by atoms with E-state index >= 15 is 0 Å². The number of hydrogen-bond donors (Lipinski definition) is 6. The highest BCUT2D eigenvalue weighted by Gasteiger charge is 2.56. The number of aromatic nitrogens is 2. The number of nitrogens with zero attached hydrogens (tertiary/aromatic N) is 2. The van der Waals surface area contributed by atoms with Gasteiger partial charge < -0.3 is 44.9 Å². The number of hydrogen-bond acceptors (Lipinski definition) is 10. The summed E-state index contributed by atoms with van der Waals surface area (Å²) in [6.07, 6.45) is -5.05. The number of thiazole rings is 1. The van der Waals surface area contributed by atoms with Crippen molar-refractivity contribution in [3.63, 3.8) is 0 Å². The van der Waals surface area contributed by atoms with Crippen molar-refractivity contribution in [1.82, 2.24) is 14.9 Å². The van der Waals surface area contributed by atoms with Crippen molar-refractivity contribution in [2.45, 2.75) is 36.7 Å². The molecule has 1 saturated heterocycles. The number of nitrogens with one attached hydrogen (secondary N) is 1. The Hall–Kier alpha value is -3.10. The first-order valence-corrected chi connectivity index (χ1v) is 12.4. The van der Waals surface area contributed by atoms with Crippen LogP contribution < -0.4 is 10.1 Å². The summed E-state index contributed by atoms with van der Waals surface area (Å²) in [6.45, 7) is -1.24. The van der Waals surface area contributed by atoms with Crippen LogP contribution in [0.5, 0.6) is 5.75 Å². The van der Waals surface area contributed by atoms with Crippen LogP contribution in [-0.2, 0) is 11.3 Å². The average Bonchev–Trinajstić information content (AvgIpc) is 3.49. The summed E-state index contributed by atoms with van der Waals surface area (Å²) in [5, 5.41) is 54.9. The van der Waals surface area contributed by atoms with E-state index in [1.807, 2.05) is 28.8 Å². The first-order valence-electron chi connectivity index (χ1n) is 11.6. The molecule has 0 radical (unpaired) electrons. The van der Waals surface area contributed by atoms with Crippen LogP contribution in [-0.4, -0.2) is 91.5 Å². The molecule has 0 spiro atoms. The molecule has 4 aromatic rings. The number of fused-ring (bicyclic) bond motifs is 2. The second kappa shape index (κ2) is 9.99. The summed E-state index contributed by atoms with van der Waals surface area (Å²) < 4.78 is 13.4. The molecular formula is C25H27N3O8S. The summed E-state index contributed by atoms with van der Waals surface area (Å²) in [5.41, 5.74) is -0.372. The van der Waals surface area contributed by atoms with Crippen LogP contribution in [0.3, 0.4) is 0 Å². The number of amides is 1. The normalized spacial score (nSPS) is 26.0. The highest BCUT2D eigenvalue weighted by Crippen LogP contribution is 2.32. The first kappa shape index (κ1) is 25.5. The van der Waals surface area contributed by atoms with Crippen LogP contribution in [0.4, 0.5) is 0 Å². The Bertz CT molecular complexity index is 1410. The van der Waals surface area contributed by atoms with Crippen molar-refractivity contribution in [2.24, 2.45) is 0 Å². The average molecular weight is 530 g/mol. The van der Waals surface area contributed by atoms with Crippen LogP contribution in [0, 0.1) is 0 Å². The standard InChI is InChI=1S/C25H27N3O8S/c1-35-13-6-7-14-15(23(33)27-25(12-30)22(32)21(31)18(11-29)36-24(25)34)9-28(17(14)8-13)10-20-26-16-4-2-3-5-19(16)37-20/h2-9,18,21-22,24,29-32,34H,10-12H2,1H3,(H,27,33)/t18-,21-,22+,24?,25-/m1/s1. The SMILES string of the molecule is COc1ccc2c(C(=O)N[C@@]3(CO)C(O)O[C@H](CO)[C@@H](O)[C@@H]3O)cn(Cc3nc4ccccc4s3)c2c1. The number of carbonyl (C=O) groups is 1. The molecule has 196 valence electrons. The molecule has 0 saturated carbocycles. The second-order valence-corrected chi connectivity index (χ2v) is 10.0. The molecule has 12 heteroatoms. The Labute approximate surface area is 215 Å². The predicted octanol–water partition coefficient (Wildman–Crippen LogP) is 0.200. The van der Waals surface area contributed by atoms with Crippen molar-refractivity contribution in [3.05, 3.63) is 59.2 Å². The Kier molecular flexibility index (Phi) is 6.89. The lowest BCUT2D eigenvalue weighted by atomic mass is 9.83. The van der Waals surface area contributed by atoms with E-state index in [4.69, 9.17) is 9.47 Å². The molecule has 6 N–H and O–H groups in total. The largest absolute Gasteiger partial charge is 0.497 e. The summed E-state index contributed by atoms with van der Waals surface area (Å²) in [7, 11) is 1.54. The Morgan fingerprint density at radius 2 is 2.00 bits per heavy atom. The topological polar surface area (TPSA) is 167 Å². The summed E-state index contributed by atoms with van der Waals surface area (Å²) in [5.74, 6) is -0.136. The van der Waals surface area contributed by atoms with Crippen molar-refractivity contribution in [1.29, 1.82) is 0 Å². The van der Waals surface area contributed by atoms with Crippen LogP contribution in [0.1, 0.15) is 15.4 Å². The number of rotatable bonds is 7. The van der Waals surface area contributed by atoms with E-state index in [0.717, 1.165) is 15.2 Å². The van der Waals surface area contributed by atoms with Crippen LogP contribution >= 0.6 is 11.3 Å². The minimum absolute atomic E-state index is 0.199. The predicted molar refractivity (Wildman–Crippen MR) is 134 cm³/mol. The zero-order valence-corrected chi connectivity index (χ0v) is 20.6. The Morgan fingerprint density at radius 1 is 1.22 bits per heavy atom. The summed E-state index contributed by atoms with van der Waals surface area (Å²) >= 11 is 1.54. The van der Waals surface area contributed by atoms with E-state index in [1.54, 1.807) is 24.4 Å². The number of aliphatic hydroxyl groups excluding tert-OH is 5. The maximum Gasteiger partial charge on any atom is 0.254 e. The number of ether oxygens (including phenoxy) is 2. The Balaban J connectivity index is 1.52. The molecule has 3 heterocycles. The fraction of sp³-hybridized carbons (Fsp3) is 0.360. The Morgan fingerprint density at radius 3 is 2.70 bits per heavy atom. The quantitative estimate of drug-likeness (QED) is 0.196. The number of benzene rings is 2. The highest BCUT2D eigenvalue weighted by molar-refractivity contribution is 7.18. The lowest BCUT2D eigenvalue weighted by Crippen LogP contribution is -2.74. The molecule has 5 rings (SSSR count). The van der Waals surface area contributed by atoms with Crippen molar-refractivity contribution in [2.75, 3.05) is 20.3 Å². The molecule has 1 aliphatic heterocycles. The van der Waals surface area contributed by atoms with Gasteiger partial charge in [-0.3, -0.25) is 4.79 Å². The lowest BCUT2D eigenvalue weighted by Gasteiger charge is -2.48. The van der Waals surface area contributed by atoms with Crippen LogP contribution in [0.2, 0.25) is 0 Å². The van der Waals surface area contributed by atoms with E-state index in [2.05, 4.69) is 10.3 Å². The fourth-order valence-electron chi connectivity index (χ4n) is 4.64. The van der Waals surface area contributed by atoms with Gasteiger partial charge in [-0.25, -0.2) is 4.98 Å². The molecule has 5 atom stereocenters. The zero-order valence-electron chi connectivity index (χ0n) is 19.8. The summed E-state index contributed by atoms with van der Waals surface area (Å²) in [6, 6.07) is 13.0. The first-order chi connectivity index (χ1) is 17.8. The van der Waals surface area contributed by atoms with Gasteiger partial charge >= 0.3 is 0 Å². The van der Waals surface area contributed by atoms with Gasteiger partial charge in [-0.15, -0.1) is 11.3 Å². The number of methoxy groups -OCH3 is 1. The van der Waals surface area contributed by atoms with Gasteiger partial charge in [0, 0.05) is 17.6 Å². The maximum absolute atomic E-state index is 13.5. The maximum atomic E-state index is 13.5. The number of para-hydroxylation sites is 1. The molecule has 2 aromatic carbocycles. The van der Waals surface area contributed by atoms with Gasteiger partial charge in [-0.1, -0.05) is 12.1 Å². The molecule has 1 unspecified atom stereocenters. The summed E-state index contributed by atoms with van der Waals surface area (Å²) in [4.78, 5) is 18.2. The number of carbonyl (C=O) groups excluding carboxylic acids is 1. The third kappa shape index (κ3) is 4.36. The molecule has 1 fully saturated rings. The van der Waals surface area contributed by atoms with Crippen LogP contribution in [0.25, 0.3) is 21.1 Å². The van der Waals surface area contributed by atoms with Gasteiger partial charge in [0.1, 0.15) is 34.6 Å². The molecule has 1 aliphatic rings. The highest BCUT2D eigenvalue weighted by atomic mass is 32.1. The van der Waals surface area contributed by atoms with Crippen molar-refractivity contribution >= 4 is 38.4 Å². The third-order valence-electron chi connectivity index (χ3n) is 6.74. The monoisotopic (exact) mass is 529 g/mol. The van der Waals surface area contributed by atoms with Gasteiger partial charge in [0.05, 0.1) is 48.2 Å². The van der Waals surface area contributed by atoms with E-state index in [-0.39, 0.29) is 5.56 Å². The van der Waals surface area contributed by atoms with E-state index in [1.165, 1.54) is 18.4 Å². The molecule has 0 bridgehead atoms. The molecule has 37 heavy (non-hydrogen) atoms. The van der Waals surface area contributed by atoms with Crippen molar-refractivity contribution in [3.8, 4) is 5.75 Å². The van der Waals surface area contributed by atoms with Crippen LogP contribution in [0.15, 0.2) is 48.7 Å². The molecule has 11 nitrogen and oxygen atoms in total. The smallest absolute Gasteiger partial charge is 0.254 e. The van der Waals surface area contributed by atoms with E-state index in [9.17, 15) is 30.3 Å².